The number of rotatable bonds is 4. The van der Waals surface area contributed by atoms with Crippen LogP contribution in [0.3, 0.4) is 0 Å². The zero-order chi connectivity index (χ0) is 15.6. The van der Waals surface area contributed by atoms with Gasteiger partial charge in [-0.3, -0.25) is 0 Å². The molecule has 0 saturated heterocycles. The molecule has 0 aliphatic carbocycles. The summed E-state index contributed by atoms with van der Waals surface area (Å²) in [5.74, 6) is -12.0. The summed E-state index contributed by atoms with van der Waals surface area (Å²) in [4.78, 5) is 0. The maximum absolute atomic E-state index is 13.3. The van der Waals surface area contributed by atoms with Gasteiger partial charge in [-0.1, -0.05) is 30.3 Å². The van der Waals surface area contributed by atoms with E-state index in [0.717, 1.165) is 0 Å². The zero-order valence-electron chi connectivity index (χ0n) is 10.4. The number of halogens is 5. The van der Waals surface area contributed by atoms with Gasteiger partial charge in [0, 0.05) is 0 Å². The van der Waals surface area contributed by atoms with Crippen LogP contribution in [0.25, 0.3) is 0 Å². The summed E-state index contributed by atoms with van der Waals surface area (Å²) in [6.45, 7) is -0.664. The average molecular weight is 304 g/mol. The Bertz CT molecular complexity index is 617. The van der Waals surface area contributed by atoms with Crippen LogP contribution in [-0.2, 0) is 0 Å². The van der Waals surface area contributed by atoms with Crippen molar-refractivity contribution in [1.82, 2.24) is 0 Å². The van der Waals surface area contributed by atoms with Crippen molar-refractivity contribution in [3.8, 4) is 5.75 Å². The average Bonchev–Trinajstić information content (AvgIpc) is 2.51. The fourth-order valence-electron chi connectivity index (χ4n) is 1.65. The van der Waals surface area contributed by atoms with Gasteiger partial charge in [-0.25, -0.2) is 13.2 Å². The molecule has 0 aliphatic rings. The largest absolute Gasteiger partial charge is 0.484 e. The summed E-state index contributed by atoms with van der Waals surface area (Å²) in [5.41, 5.74) is 0.376. The first kappa shape index (κ1) is 15.2. The van der Waals surface area contributed by atoms with Gasteiger partial charge >= 0.3 is 0 Å². The first-order valence-corrected chi connectivity index (χ1v) is 5.80. The van der Waals surface area contributed by atoms with Crippen LogP contribution in [-0.4, -0.2) is 11.7 Å². The molecule has 2 aromatic rings. The fraction of sp³-hybridized carbons (Fsp3) is 0.143. The van der Waals surface area contributed by atoms with E-state index in [2.05, 4.69) is 4.74 Å². The maximum Gasteiger partial charge on any atom is 0.206 e. The molecule has 0 radical (unpaired) electrons. The number of aliphatic hydroxyl groups excluding tert-OH is 1. The molecule has 1 N–H and O–H groups in total. The smallest absolute Gasteiger partial charge is 0.206 e. The first-order chi connectivity index (χ1) is 9.93. The van der Waals surface area contributed by atoms with Crippen molar-refractivity contribution in [2.45, 2.75) is 6.10 Å². The highest BCUT2D eigenvalue weighted by atomic mass is 19.2. The Balaban J connectivity index is 2.21. The molecule has 0 bridgehead atoms. The van der Waals surface area contributed by atoms with Crippen molar-refractivity contribution < 1.29 is 31.8 Å². The van der Waals surface area contributed by atoms with Crippen LogP contribution in [0.5, 0.6) is 5.75 Å². The maximum atomic E-state index is 13.3. The molecule has 0 amide bonds. The number of ether oxygens (including phenoxy) is 1. The lowest BCUT2D eigenvalue weighted by atomic mass is 10.1. The minimum atomic E-state index is -2.26. The van der Waals surface area contributed by atoms with Crippen LogP contribution in [0.4, 0.5) is 22.0 Å². The topological polar surface area (TPSA) is 29.5 Å². The predicted molar refractivity (Wildman–Crippen MR) is 63.1 cm³/mol. The lowest BCUT2D eigenvalue weighted by molar-refractivity contribution is 0.101. The summed E-state index contributed by atoms with van der Waals surface area (Å²) >= 11 is 0. The highest BCUT2D eigenvalue weighted by molar-refractivity contribution is 5.30. The van der Waals surface area contributed by atoms with Crippen LogP contribution in [0.1, 0.15) is 11.7 Å². The fourth-order valence-corrected chi connectivity index (χ4v) is 1.65. The molecule has 0 saturated carbocycles. The molecule has 1 unspecified atom stereocenters. The molecule has 7 heteroatoms. The summed E-state index contributed by atoms with van der Waals surface area (Å²) in [6.07, 6.45) is -1.28. The van der Waals surface area contributed by atoms with Crippen LogP contribution >= 0.6 is 0 Å². The lowest BCUT2D eigenvalue weighted by Crippen LogP contribution is -2.13. The number of benzene rings is 2. The third kappa shape index (κ3) is 2.97. The normalized spacial score (nSPS) is 12.3. The predicted octanol–water partition coefficient (Wildman–Crippen LogP) is 3.49. The molecule has 1 atom stereocenters. The second-order valence-electron chi connectivity index (χ2n) is 4.14. The van der Waals surface area contributed by atoms with Crippen molar-refractivity contribution in [1.29, 1.82) is 0 Å². The summed E-state index contributed by atoms with van der Waals surface area (Å²) in [7, 11) is 0. The van der Waals surface area contributed by atoms with E-state index in [9.17, 15) is 27.1 Å². The molecule has 0 fully saturated rings. The Morgan fingerprint density at radius 2 is 1.29 bits per heavy atom. The van der Waals surface area contributed by atoms with Crippen LogP contribution < -0.4 is 4.74 Å². The number of hydrogen-bond donors (Lipinski definition) is 1. The molecular formula is C14H9F5O2. The first-order valence-electron chi connectivity index (χ1n) is 5.80. The molecular weight excluding hydrogens is 295 g/mol. The van der Waals surface area contributed by atoms with Crippen LogP contribution in [0.15, 0.2) is 30.3 Å². The molecule has 112 valence electrons. The molecule has 2 nitrogen and oxygen atoms in total. The number of aliphatic hydroxyl groups is 1. The monoisotopic (exact) mass is 304 g/mol. The van der Waals surface area contributed by atoms with Crippen LogP contribution in [0.2, 0.25) is 0 Å². The van der Waals surface area contributed by atoms with E-state index in [4.69, 9.17) is 0 Å². The molecule has 0 aliphatic heterocycles. The molecule has 2 aromatic carbocycles. The highest BCUT2D eigenvalue weighted by Gasteiger charge is 2.27. The lowest BCUT2D eigenvalue weighted by Gasteiger charge is -2.14. The molecule has 0 heterocycles. The van der Waals surface area contributed by atoms with Crippen molar-refractivity contribution in [3.63, 3.8) is 0 Å². The van der Waals surface area contributed by atoms with E-state index in [1.54, 1.807) is 18.2 Å². The molecule has 2 rings (SSSR count). The Morgan fingerprint density at radius 3 is 1.81 bits per heavy atom. The van der Waals surface area contributed by atoms with E-state index in [0.29, 0.717) is 5.56 Å². The molecule has 21 heavy (non-hydrogen) atoms. The van der Waals surface area contributed by atoms with Crippen LogP contribution in [0, 0.1) is 29.1 Å². The standard InChI is InChI=1S/C14H9F5O2/c15-9-10(16)12(18)14(13(19)11(9)17)21-6-8(20)7-4-2-1-3-5-7/h1-5,8,20H,6H2. The summed E-state index contributed by atoms with van der Waals surface area (Å²) in [6, 6.07) is 7.94. The van der Waals surface area contributed by atoms with Crippen molar-refractivity contribution in [2.75, 3.05) is 6.61 Å². The zero-order valence-corrected chi connectivity index (χ0v) is 10.4. The Morgan fingerprint density at radius 1 is 0.810 bits per heavy atom. The van der Waals surface area contributed by atoms with Crippen molar-refractivity contribution in [2.24, 2.45) is 0 Å². The highest BCUT2D eigenvalue weighted by Crippen LogP contribution is 2.29. The third-order valence-electron chi connectivity index (χ3n) is 2.74. The Labute approximate surface area is 116 Å². The van der Waals surface area contributed by atoms with Gasteiger partial charge in [0.05, 0.1) is 0 Å². The molecule has 0 aromatic heterocycles. The minimum Gasteiger partial charge on any atom is -0.484 e. The SMILES string of the molecule is OC(COc1c(F)c(F)c(F)c(F)c1F)c1ccccc1. The van der Waals surface area contributed by atoms with Gasteiger partial charge < -0.3 is 9.84 Å². The third-order valence-corrected chi connectivity index (χ3v) is 2.74. The van der Waals surface area contributed by atoms with Gasteiger partial charge in [0.15, 0.2) is 5.75 Å². The quantitative estimate of drug-likeness (QED) is 0.532. The van der Waals surface area contributed by atoms with Gasteiger partial charge in [-0.2, -0.15) is 8.78 Å². The second kappa shape index (κ2) is 6.09. The van der Waals surface area contributed by atoms with Gasteiger partial charge in [-0.15, -0.1) is 0 Å². The summed E-state index contributed by atoms with van der Waals surface area (Å²) < 4.78 is 69.9. The van der Waals surface area contributed by atoms with Crippen molar-refractivity contribution in [3.05, 3.63) is 65.0 Å². The molecule has 0 spiro atoms. The number of hydrogen-bond acceptors (Lipinski definition) is 2. The van der Waals surface area contributed by atoms with Gasteiger partial charge in [-0.05, 0) is 5.56 Å². The van der Waals surface area contributed by atoms with E-state index >= 15 is 0 Å². The van der Waals surface area contributed by atoms with E-state index in [1.165, 1.54) is 12.1 Å². The second-order valence-corrected chi connectivity index (χ2v) is 4.14. The van der Waals surface area contributed by atoms with E-state index in [-0.39, 0.29) is 0 Å². The van der Waals surface area contributed by atoms with E-state index in [1.807, 2.05) is 0 Å². The van der Waals surface area contributed by atoms with Gasteiger partial charge in [0.25, 0.3) is 0 Å². The van der Waals surface area contributed by atoms with Gasteiger partial charge in [0.1, 0.15) is 12.7 Å². The van der Waals surface area contributed by atoms with E-state index < -0.39 is 47.5 Å². The Hall–Kier alpha value is -2.15. The minimum absolute atomic E-state index is 0.376. The van der Waals surface area contributed by atoms with Gasteiger partial charge in [0.2, 0.25) is 29.1 Å². The van der Waals surface area contributed by atoms with Crippen molar-refractivity contribution >= 4 is 0 Å². The summed E-state index contributed by atoms with van der Waals surface area (Å²) in [5, 5.41) is 9.73. The Kier molecular flexibility index (Phi) is 4.42.